The minimum absolute atomic E-state index is 0.554. The highest BCUT2D eigenvalue weighted by atomic mass is 16.3. The van der Waals surface area contributed by atoms with Crippen LogP contribution >= 0.6 is 0 Å². The van der Waals surface area contributed by atoms with E-state index in [1.807, 2.05) is 0 Å². The molecule has 0 rings (SSSR count). The molecule has 0 aromatic carbocycles. The Labute approximate surface area is 57.8 Å². The molecule has 0 aliphatic rings. The Morgan fingerprint density at radius 2 is 1.30 bits per heavy atom. The van der Waals surface area contributed by atoms with Crippen molar-refractivity contribution in [3.05, 3.63) is 12.2 Å². The van der Waals surface area contributed by atoms with E-state index < -0.39 is 24.8 Å². The van der Waals surface area contributed by atoms with Crippen LogP contribution in [0, 0.1) is 0 Å². The van der Waals surface area contributed by atoms with Gasteiger partial charge in [0.15, 0.2) is 11.6 Å². The number of hydrogen-bond acceptors (Lipinski definition) is 4. The maximum atomic E-state index is 10.3. The van der Waals surface area contributed by atoms with Crippen LogP contribution in [0.15, 0.2) is 12.2 Å². The van der Waals surface area contributed by atoms with Crippen LogP contribution in [0.25, 0.3) is 0 Å². The quantitative estimate of drug-likeness (QED) is 0.479. The summed E-state index contributed by atoms with van der Waals surface area (Å²) in [6.07, 6.45) is 1.86. The fourth-order valence-corrected chi connectivity index (χ4v) is 0.291. The van der Waals surface area contributed by atoms with Gasteiger partial charge in [0.25, 0.3) is 0 Å². The summed E-state index contributed by atoms with van der Waals surface area (Å²) in [5.74, 6) is -1.11. The second-order valence-electron chi connectivity index (χ2n) is 1.58. The van der Waals surface area contributed by atoms with Gasteiger partial charge in [-0.1, -0.05) is 0 Å². The first-order chi connectivity index (χ1) is 4.70. The van der Waals surface area contributed by atoms with Gasteiger partial charge in [-0.05, 0) is 12.2 Å². The highest BCUT2D eigenvalue weighted by Crippen LogP contribution is 1.77. The van der Waals surface area contributed by atoms with E-state index in [-0.39, 0.29) is 0 Å². The Kier molecular flexibility index (Phi) is 4.36. The third-order valence-electron chi connectivity index (χ3n) is 0.767. The summed E-state index contributed by atoms with van der Waals surface area (Å²) in [5.41, 5.74) is 0. The Hall–Kier alpha value is -1.00. The molecule has 0 aliphatic heterocycles. The van der Waals surface area contributed by atoms with E-state index in [0.29, 0.717) is 0 Å². The lowest BCUT2D eigenvalue weighted by Crippen LogP contribution is -2.02. The minimum atomic E-state index is -0.616. The van der Waals surface area contributed by atoms with E-state index in [9.17, 15) is 9.59 Å². The summed E-state index contributed by atoms with van der Waals surface area (Å²) in [7, 11) is 0. The molecule has 56 valence electrons. The van der Waals surface area contributed by atoms with Gasteiger partial charge in [-0.3, -0.25) is 9.59 Å². The van der Waals surface area contributed by atoms with Gasteiger partial charge < -0.3 is 10.2 Å². The topological polar surface area (TPSA) is 74.6 Å². The Morgan fingerprint density at radius 1 is 1.00 bits per heavy atom. The van der Waals surface area contributed by atoms with E-state index >= 15 is 0 Å². The zero-order chi connectivity index (χ0) is 7.98. The highest BCUT2D eigenvalue weighted by molar-refractivity contribution is 5.99. The van der Waals surface area contributed by atoms with Crippen molar-refractivity contribution in [1.82, 2.24) is 0 Å². The monoisotopic (exact) mass is 144 g/mol. The molecule has 0 amide bonds. The van der Waals surface area contributed by atoms with Crippen molar-refractivity contribution < 1.29 is 19.8 Å². The van der Waals surface area contributed by atoms with Gasteiger partial charge in [-0.25, -0.2) is 0 Å². The van der Waals surface area contributed by atoms with Crippen LogP contribution in [-0.4, -0.2) is 35.0 Å². The Morgan fingerprint density at radius 3 is 1.50 bits per heavy atom. The van der Waals surface area contributed by atoms with Crippen molar-refractivity contribution in [1.29, 1.82) is 0 Å². The Bertz CT molecular complexity index is 141. The van der Waals surface area contributed by atoms with Gasteiger partial charge >= 0.3 is 0 Å². The summed E-state index contributed by atoms with van der Waals surface area (Å²) >= 11 is 0. The second-order valence-corrected chi connectivity index (χ2v) is 1.58. The molecule has 0 unspecified atom stereocenters. The maximum Gasteiger partial charge on any atom is 0.181 e. The molecule has 0 aliphatic carbocycles. The molecule has 0 heterocycles. The third kappa shape index (κ3) is 3.94. The van der Waals surface area contributed by atoms with Crippen LogP contribution in [0.4, 0.5) is 0 Å². The molecule has 0 bridgehead atoms. The van der Waals surface area contributed by atoms with Crippen molar-refractivity contribution in [3.63, 3.8) is 0 Å². The number of aliphatic hydroxyl groups is 2. The summed E-state index contributed by atoms with van der Waals surface area (Å²) in [6, 6.07) is 0. The molecule has 0 radical (unpaired) electrons. The zero-order valence-electron chi connectivity index (χ0n) is 5.28. The maximum absolute atomic E-state index is 10.3. The molecule has 0 aromatic rings. The van der Waals surface area contributed by atoms with E-state index in [4.69, 9.17) is 10.2 Å². The van der Waals surface area contributed by atoms with Crippen LogP contribution in [0.2, 0.25) is 0 Å². The predicted octanol–water partition coefficient (Wildman–Crippen LogP) is -1.33. The van der Waals surface area contributed by atoms with E-state index in [1.165, 1.54) is 0 Å². The fourth-order valence-electron chi connectivity index (χ4n) is 0.291. The summed E-state index contributed by atoms with van der Waals surface area (Å²) in [5, 5.41) is 16.3. The number of aliphatic hydroxyl groups excluding tert-OH is 2. The number of carbonyl (C=O) groups excluding carboxylic acids is 2. The second kappa shape index (κ2) is 4.84. The van der Waals surface area contributed by atoms with Gasteiger partial charge in [0.05, 0.1) is 0 Å². The van der Waals surface area contributed by atoms with Crippen LogP contribution in [-0.2, 0) is 9.59 Å². The van der Waals surface area contributed by atoms with E-state index in [2.05, 4.69) is 0 Å². The van der Waals surface area contributed by atoms with Gasteiger partial charge in [0, 0.05) is 0 Å². The lowest BCUT2D eigenvalue weighted by atomic mass is 10.3. The summed E-state index contributed by atoms with van der Waals surface area (Å²) in [6.45, 7) is -1.23. The van der Waals surface area contributed by atoms with Crippen LogP contribution in [0.3, 0.4) is 0 Å². The van der Waals surface area contributed by atoms with E-state index in [1.54, 1.807) is 0 Å². The highest BCUT2D eigenvalue weighted by Gasteiger charge is 1.94. The number of ketones is 2. The van der Waals surface area contributed by atoms with Gasteiger partial charge in [-0.15, -0.1) is 0 Å². The third-order valence-corrected chi connectivity index (χ3v) is 0.767. The standard InChI is InChI=1S/C6H8O4/c7-3-5(9)1-2-6(10)4-8/h1-2,7-8H,3-4H2. The average Bonchev–Trinajstić information content (AvgIpc) is 1.99. The lowest BCUT2D eigenvalue weighted by Gasteiger charge is -1.84. The molecule has 4 nitrogen and oxygen atoms in total. The molecule has 0 saturated carbocycles. The number of hydrogen-bond donors (Lipinski definition) is 2. The van der Waals surface area contributed by atoms with Gasteiger partial charge in [-0.2, -0.15) is 0 Å². The van der Waals surface area contributed by atoms with Crippen molar-refractivity contribution in [2.75, 3.05) is 13.2 Å². The molecule has 0 saturated heterocycles. The summed E-state index contributed by atoms with van der Waals surface area (Å²) < 4.78 is 0. The number of carbonyl (C=O) groups is 2. The average molecular weight is 144 g/mol. The molecule has 0 fully saturated rings. The normalized spacial score (nSPS) is 10.2. The molecule has 2 N–H and O–H groups in total. The molecule has 4 heteroatoms. The SMILES string of the molecule is O=C(C=CC(=O)CO)CO. The molecule has 0 spiro atoms. The molecular weight excluding hydrogens is 136 g/mol. The molecule has 0 atom stereocenters. The van der Waals surface area contributed by atoms with Crippen molar-refractivity contribution in [2.24, 2.45) is 0 Å². The van der Waals surface area contributed by atoms with E-state index in [0.717, 1.165) is 12.2 Å². The Balaban J connectivity index is 3.75. The fraction of sp³-hybridized carbons (Fsp3) is 0.333. The van der Waals surface area contributed by atoms with Gasteiger partial charge in [0.2, 0.25) is 0 Å². The van der Waals surface area contributed by atoms with Crippen LogP contribution in [0.1, 0.15) is 0 Å². The number of rotatable bonds is 4. The predicted molar refractivity (Wildman–Crippen MR) is 33.3 cm³/mol. The minimum Gasteiger partial charge on any atom is -0.388 e. The largest absolute Gasteiger partial charge is 0.388 e. The molecule has 0 aromatic heterocycles. The first-order valence-corrected chi connectivity index (χ1v) is 2.66. The van der Waals surface area contributed by atoms with Crippen LogP contribution < -0.4 is 0 Å². The zero-order valence-corrected chi connectivity index (χ0v) is 5.28. The lowest BCUT2D eigenvalue weighted by molar-refractivity contribution is -0.119. The van der Waals surface area contributed by atoms with Crippen LogP contribution in [0.5, 0.6) is 0 Å². The van der Waals surface area contributed by atoms with Crippen molar-refractivity contribution in [3.8, 4) is 0 Å². The molecular formula is C6H8O4. The first kappa shape index (κ1) is 9.00. The molecule has 10 heavy (non-hydrogen) atoms. The first-order valence-electron chi connectivity index (χ1n) is 2.66. The smallest absolute Gasteiger partial charge is 0.181 e. The van der Waals surface area contributed by atoms with Crippen molar-refractivity contribution in [2.45, 2.75) is 0 Å². The van der Waals surface area contributed by atoms with Crippen molar-refractivity contribution >= 4 is 11.6 Å². The summed E-state index contributed by atoms with van der Waals surface area (Å²) in [4.78, 5) is 20.5. The van der Waals surface area contributed by atoms with Gasteiger partial charge in [0.1, 0.15) is 13.2 Å².